The van der Waals surface area contributed by atoms with Gasteiger partial charge in [-0.3, -0.25) is 14.9 Å². The molecule has 0 N–H and O–H groups in total. The number of benzene rings is 1. The first kappa shape index (κ1) is 13.8. The molecule has 0 radical (unpaired) electrons. The fourth-order valence-corrected chi connectivity index (χ4v) is 2.30. The number of nitriles is 1. The molecule has 0 aliphatic carbocycles. The molecule has 1 heterocycles. The zero-order valence-electron chi connectivity index (χ0n) is 10.3. The van der Waals surface area contributed by atoms with E-state index in [2.05, 4.69) is 8.75 Å². The molecular formula is C11H8N4O4S. The van der Waals surface area contributed by atoms with Crippen LogP contribution in [0, 0.1) is 21.4 Å². The van der Waals surface area contributed by atoms with Crippen molar-refractivity contribution in [3.05, 3.63) is 27.8 Å². The van der Waals surface area contributed by atoms with Crippen molar-refractivity contribution in [1.29, 1.82) is 5.26 Å². The quantitative estimate of drug-likeness (QED) is 0.478. The predicted octanol–water partition coefficient (Wildman–Crippen LogP) is 1.77. The number of nitrogens with zero attached hydrogens (tertiary/aromatic N) is 4. The molecule has 1 aromatic carbocycles. The Labute approximate surface area is 117 Å². The van der Waals surface area contributed by atoms with Crippen LogP contribution < -0.4 is 0 Å². The molecule has 20 heavy (non-hydrogen) atoms. The number of aromatic nitrogens is 2. The van der Waals surface area contributed by atoms with E-state index in [1.54, 1.807) is 6.92 Å². The Bertz CT molecular complexity index is 721. The van der Waals surface area contributed by atoms with E-state index in [4.69, 9.17) is 10.00 Å². The Kier molecular flexibility index (Phi) is 3.86. The lowest BCUT2D eigenvalue weighted by molar-refractivity contribution is -0.383. The summed E-state index contributed by atoms with van der Waals surface area (Å²) in [6, 6.07) is 4.38. The van der Waals surface area contributed by atoms with Gasteiger partial charge in [0.1, 0.15) is 5.52 Å². The van der Waals surface area contributed by atoms with Crippen molar-refractivity contribution in [3.8, 4) is 6.07 Å². The third kappa shape index (κ3) is 2.28. The molecule has 0 bridgehead atoms. The number of non-ortho nitro benzene ring substituents is 1. The number of nitro groups is 1. The number of carbonyl (C=O) groups is 1. The van der Waals surface area contributed by atoms with Crippen LogP contribution >= 0.6 is 11.7 Å². The van der Waals surface area contributed by atoms with Crippen LogP contribution in [0.5, 0.6) is 0 Å². The monoisotopic (exact) mass is 292 g/mol. The highest BCUT2D eigenvalue weighted by atomic mass is 32.1. The smallest absolute Gasteiger partial charge is 0.327 e. The Morgan fingerprint density at radius 2 is 2.25 bits per heavy atom. The molecule has 2 aromatic rings. The van der Waals surface area contributed by atoms with Crippen LogP contribution in [0.25, 0.3) is 11.0 Å². The molecule has 0 aliphatic heterocycles. The largest absolute Gasteiger partial charge is 0.465 e. The van der Waals surface area contributed by atoms with Gasteiger partial charge < -0.3 is 4.74 Å². The van der Waals surface area contributed by atoms with Gasteiger partial charge in [0.05, 0.1) is 29.3 Å². The van der Waals surface area contributed by atoms with Crippen molar-refractivity contribution in [2.24, 2.45) is 0 Å². The lowest BCUT2D eigenvalue weighted by atomic mass is 9.98. The summed E-state index contributed by atoms with van der Waals surface area (Å²) in [5, 5.41) is 20.0. The molecule has 0 spiro atoms. The minimum Gasteiger partial charge on any atom is -0.465 e. The highest BCUT2D eigenvalue weighted by Gasteiger charge is 2.28. The Balaban J connectivity index is 2.58. The molecule has 0 saturated carbocycles. The molecule has 0 fully saturated rings. The zero-order chi connectivity index (χ0) is 14.7. The van der Waals surface area contributed by atoms with E-state index >= 15 is 0 Å². The predicted molar refractivity (Wildman–Crippen MR) is 69.1 cm³/mol. The molecular weight excluding hydrogens is 284 g/mol. The van der Waals surface area contributed by atoms with Gasteiger partial charge in [0, 0.05) is 11.6 Å². The molecule has 8 nitrogen and oxygen atoms in total. The number of nitro benzene ring substituents is 1. The van der Waals surface area contributed by atoms with Gasteiger partial charge in [-0.05, 0) is 13.0 Å². The van der Waals surface area contributed by atoms with Crippen molar-refractivity contribution in [3.63, 3.8) is 0 Å². The number of hydrogen-bond donors (Lipinski definition) is 0. The first-order valence-corrected chi connectivity index (χ1v) is 6.29. The van der Waals surface area contributed by atoms with Crippen LogP contribution in [0.3, 0.4) is 0 Å². The van der Waals surface area contributed by atoms with E-state index in [0.717, 1.165) is 11.7 Å². The number of esters is 1. The van der Waals surface area contributed by atoms with Gasteiger partial charge in [-0.2, -0.15) is 14.0 Å². The first-order valence-electron chi connectivity index (χ1n) is 5.56. The van der Waals surface area contributed by atoms with E-state index in [-0.39, 0.29) is 28.9 Å². The summed E-state index contributed by atoms with van der Waals surface area (Å²) >= 11 is 0.786. The van der Waals surface area contributed by atoms with E-state index in [9.17, 15) is 14.9 Å². The van der Waals surface area contributed by atoms with Crippen LogP contribution in [-0.2, 0) is 9.53 Å². The SMILES string of the molecule is CCOC(=O)C(C#N)c1ccc([N+](=O)[O-])c2nsnc12. The van der Waals surface area contributed by atoms with Crippen molar-refractivity contribution < 1.29 is 14.5 Å². The van der Waals surface area contributed by atoms with Crippen LogP contribution in [0.1, 0.15) is 18.4 Å². The van der Waals surface area contributed by atoms with Crippen molar-refractivity contribution in [1.82, 2.24) is 8.75 Å². The highest BCUT2D eigenvalue weighted by Crippen LogP contribution is 2.31. The maximum Gasteiger partial charge on any atom is 0.327 e. The topological polar surface area (TPSA) is 119 Å². The van der Waals surface area contributed by atoms with Crippen LogP contribution in [-0.4, -0.2) is 26.2 Å². The van der Waals surface area contributed by atoms with Gasteiger partial charge in [-0.25, -0.2) is 0 Å². The maximum atomic E-state index is 11.7. The lowest BCUT2D eigenvalue weighted by Gasteiger charge is -2.08. The van der Waals surface area contributed by atoms with E-state index in [1.165, 1.54) is 12.1 Å². The highest BCUT2D eigenvalue weighted by molar-refractivity contribution is 7.00. The van der Waals surface area contributed by atoms with Gasteiger partial charge in [0.2, 0.25) is 0 Å². The lowest BCUT2D eigenvalue weighted by Crippen LogP contribution is -2.15. The average molecular weight is 292 g/mol. The molecule has 0 saturated heterocycles. The molecule has 9 heteroatoms. The fourth-order valence-electron chi connectivity index (χ4n) is 1.73. The van der Waals surface area contributed by atoms with Gasteiger partial charge in [0.25, 0.3) is 5.69 Å². The molecule has 0 aliphatic rings. The third-order valence-electron chi connectivity index (χ3n) is 2.58. The van der Waals surface area contributed by atoms with Gasteiger partial charge in [-0.1, -0.05) is 0 Å². The Morgan fingerprint density at radius 1 is 1.55 bits per heavy atom. The standard InChI is InChI=1S/C11H8N4O4S/c1-2-19-11(16)7(5-12)6-3-4-8(15(17)18)10-9(6)13-20-14-10/h3-4,7H,2H2,1H3. The summed E-state index contributed by atoms with van der Waals surface area (Å²) in [6.07, 6.45) is 0. The second-order valence-corrected chi connectivity index (χ2v) is 4.24. The first-order chi connectivity index (χ1) is 9.60. The van der Waals surface area contributed by atoms with Gasteiger partial charge >= 0.3 is 5.97 Å². The summed E-state index contributed by atoms with van der Waals surface area (Å²) in [4.78, 5) is 22.0. The molecule has 1 atom stereocenters. The molecule has 2 rings (SSSR count). The average Bonchev–Trinajstić information content (AvgIpc) is 2.88. The summed E-state index contributed by atoms with van der Waals surface area (Å²) in [5.41, 5.74) is 0.309. The summed E-state index contributed by atoms with van der Waals surface area (Å²) < 4.78 is 12.6. The van der Waals surface area contributed by atoms with E-state index < -0.39 is 16.8 Å². The van der Waals surface area contributed by atoms with Crippen molar-refractivity contribution >= 4 is 34.4 Å². The van der Waals surface area contributed by atoms with Crippen LogP contribution in [0.4, 0.5) is 5.69 Å². The minimum absolute atomic E-state index is 0.0713. The Hall–Kier alpha value is -2.60. The van der Waals surface area contributed by atoms with Crippen LogP contribution in [0.2, 0.25) is 0 Å². The second kappa shape index (κ2) is 5.58. The number of hydrogen-bond acceptors (Lipinski definition) is 8. The van der Waals surface area contributed by atoms with Crippen molar-refractivity contribution in [2.45, 2.75) is 12.8 Å². The second-order valence-electron chi connectivity index (χ2n) is 3.71. The van der Waals surface area contributed by atoms with E-state index in [1.807, 2.05) is 6.07 Å². The fraction of sp³-hybridized carbons (Fsp3) is 0.273. The molecule has 1 aromatic heterocycles. The maximum absolute atomic E-state index is 11.7. The molecule has 102 valence electrons. The molecule has 0 amide bonds. The summed E-state index contributed by atoms with van der Waals surface area (Å²) in [7, 11) is 0. The molecule has 1 unspecified atom stereocenters. The number of ether oxygens (including phenoxy) is 1. The van der Waals surface area contributed by atoms with Gasteiger partial charge in [0.15, 0.2) is 11.4 Å². The zero-order valence-corrected chi connectivity index (χ0v) is 11.1. The van der Waals surface area contributed by atoms with Crippen LogP contribution in [0.15, 0.2) is 12.1 Å². The minimum atomic E-state index is -1.18. The summed E-state index contributed by atoms with van der Waals surface area (Å²) in [5.74, 6) is -1.89. The third-order valence-corrected chi connectivity index (χ3v) is 3.11. The summed E-state index contributed by atoms with van der Waals surface area (Å²) in [6.45, 7) is 1.77. The van der Waals surface area contributed by atoms with Crippen molar-refractivity contribution in [2.75, 3.05) is 6.61 Å². The van der Waals surface area contributed by atoms with E-state index in [0.29, 0.717) is 0 Å². The Morgan fingerprint density at radius 3 is 2.85 bits per heavy atom. The van der Waals surface area contributed by atoms with Gasteiger partial charge in [-0.15, -0.1) is 0 Å². The number of rotatable bonds is 4. The number of fused-ring (bicyclic) bond motifs is 1. The normalized spacial score (nSPS) is 11.8. The number of carbonyl (C=O) groups excluding carboxylic acids is 1.